The van der Waals surface area contributed by atoms with Crippen LogP contribution >= 0.6 is 11.3 Å². The second-order valence-electron chi connectivity index (χ2n) is 3.24. The molecule has 0 radical (unpaired) electrons. The molecule has 0 aromatic carbocycles. The van der Waals surface area contributed by atoms with Crippen LogP contribution in [0.1, 0.15) is 29.4 Å². The van der Waals surface area contributed by atoms with Gasteiger partial charge in [-0.1, -0.05) is 13.3 Å². The number of thiophene rings is 1. The summed E-state index contributed by atoms with van der Waals surface area (Å²) in [6.07, 6.45) is 1.33. The van der Waals surface area contributed by atoms with Gasteiger partial charge in [-0.05, 0) is 17.9 Å². The fourth-order valence-corrected chi connectivity index (χ4v) is 3.14. The van der Waals surface area contributed by atoms with E-state index in [4.69, 9.17) is 5.11 Å². The van der Waals surface area contributed by atoms with Crippen LogP contribution in [0, 0.1) is 0 Å². The first kappa shape index (κ1) is 13.0. The number of aromatic carboxylic acids is 1. The molecule has 0 bridgehead atoms. The lowest BCUT2D eigenvalue weighted by Crippen LogP contribution is -2.17. The van der Waals surface area contributed by atoms with Gasteiger partial charge in [-0.25, -0.2) is 13.2 Å². The highest BCUT2D eigenvalue weighted by molar-refractivity contribution is 7.92. The average molecular weight is 263 g/mol. The van der Waals surface area contributed by atoms with Crippen molar-refractivity contribution in [2.75, 3.05) is 10.5 Å². The van der Waals surface area contributed by atoms with E-state index < -0.39 is 16.0 Å². The number of carbonyl (C=O) groups is 1. The molecule has 0 aliphatic heterocycles. The molecule has 0 spiro atoms. The van der Waals surface area contributed by atoms with Gasteiger partial charge in [-0.3, -0.25) is 4.72 Å². The van der Waals surface area contributed by atoms with Crippen molar-refractivity contribution < 1.29 is 18.3 Å². The molecule has 0 aliphatic carbocycles. The number of hydrogen-bond donors (Lipinski definition) is 2. The van der Waals surface area contributed by atoms with Crippen molar-refractivity contribution in [1.82, 2.24) is 0 Å². The Morgan fingerprint density at radius 3 is 2.81 bits per heavy atom. The first-order valence-electron chi connectivity index (χ1n) is 4.77. The van der Waals surface area contributed by atoms with Crippen LogP contribution in [-0.4, -0.2) is 25.2 Å². The lowest BCUT2D eigenvalue weighted by atomic mass is 10.4. The Bertz CT molecular complexity index is 464. The highest BCUT2D eigenvalue weighted by Gasteiger charge is 2.16. The normalized spacial score (nSPS) is 11.3. The van der Waals surface area contributed by atoms with Crippen LogP contribution in [0.5, 0.6) is 0 Å². The maximum absolute atomic E-state index is 11.5. The number of anilines is 1. The second kappa shape index (κ2) is 5.31. The zero-order valence-corrected chi connectivity index (χ0v) is 10.4. The highest BCUT2D eigenvalue weighted by atomic mass is 32.2. The minimum Gasteiger partial charge on any atom is -0.477 e. The molecule has 0 amide bonds. The average Bonchev–Trinajstić information content (AvgIpc) is 2.62. The predicted molar refractivity (Wildman–Crippen MR) is 63.6 cm³/mol. The van der Waals surface area contributed by atoms with Crippen LogP contribution in [0.25, 0.3) is 0 Å². The molecular weight excluding hydrogens is 250 g/mol. The van der Waals surface area contributed by atoms with Gasteiger partial charge in [0.2, 0.25) is 10.0 Å². The molecule has 2 N–H and O–H groups in total. The molecule has 0 aliphatic rings. The first-order valence-corrected chi connectivity index (χ1v) is 7.30. The molecule has 0 atom stereocenters. The summed E-state index contributed by atoms with van der Waals surface area (Å²) in [5.74, 6) is -1.11. The third-order valence-electron chi connectivity index (χ3n) is 1.89. The monoisotopic (exact) mass is 263 g/mol. The number of sulfonamides is 1. The second-order valence-corrected chi connectivity index (χ2v) is 6.00. The zero-order chi connectivity index (χ0) is 12.2. The maximum atomic E-state index is 11.5. The van der Waals surface area contributed by atoms with Crippen LogP contribution in [0.2, 0.25) is 0 Å². The molecular formula is C9H13NO4S2. The minimum absolute atomic E-state index is 0.0123. The maximum Gasteiger partial charge on any atom is 0.348 e. The number of unbranched alkanes of at least 4 members (excludes halogenated alkanes) is 1. The summed E-state index contributed by atoms with van der Waals surface area (Å²) in [4.78, 5) is 10.8. The van der Waals surface area contributed by atoms with E-state index in [9.17, 15) is 13.2 Å². The summed E-state index contributed by atoms with van der Waals surface area (Å²) >= 11 is 0.996. The van der Waals surface area contributed by atoms with E-state index in [1.807, 2.05) is 6.92 Å². The summed E-state index contributed by atoms with van der Waals surface area (Å²) in [6, 6.07) is 1.46. The Morgan fingerprint density at radius 2 is 2.25 bits per heavy atom. The fourth-order valence-electron chi connectivity index (χ4n) is 1.11. The lowest BCUT2D eigenvalue weighted by molar-refractivity contribution is 0.0703. The van der Waals surface area contributed by atoms with Gasteiger partial charge in [0, 0.05) is 0 Å². The third kappa shape index (κ3) is 3.49. The quantitative estimate of drug-likeness (QED) is 0.822. The summed E-state index contributed by atoms with van der Waals surface area (Å²) < 4.78 is 25.3. The molecule has 5 nitrogen and oxygen atoms in total. The summed E-state index contributed by atoms with van der Waals surface area (Å²) in [7, 11) is -3.43. The summed E-state index contributed by atoms with van der Waals surface area (Å²) in [5.41, 5.74) is 0.147. The molecule has 0 fully saturated rings. The van der Waals surface area contributed by atoms with Crippen molar-refractivity contribution in [2.24, 2.45) is 0 Å². The van der Waals surface area contributed by atoms with Gasteiger partial charge in [0.25, 0.3) is 0 Å². The molecule has 7 heteroatoms. The Morgan fingerprint density at radius 1 is 1.56 bits per heavy atom. The summed E-state index contributed by atoms with van der Waals surface area (Å²) in [6.45, 7) is 1.89. The Balaban J connectivity index is 2.80. The number of hydrogen-bond acceptors (Lipinski definition) is 4. The van der Waals surface area contributed by atoms with Crippen molar-refractivity contribution in [2.45, 2.75) is 19.8 Å². The van der Waals surface area contributed by atoms with Crippen molar-refractivity contribution in [3.05, 3.63) is 16.3 Å². The number of rotatable bonds is 6. The van der Waals surface area contributed by atoms with Crippen molar-refractivity contribution in [3.8, 4) is 0 Å². The summed E-state index contributed by atoms with van der Waals surface area (Å²) in [5, 5.41) is 10.3. The molecule has 0 saturated heterocycles. The topological polar surface area (TPSA) is 83.5 Å². The smallest absolute Gasteiger partial charge is 0.348 e. The molecule has 1 rings (SSSR count). The molecule has 0 saturated carbocycles. The van der Waals surface area contributed by atoms with Crippen molar-refractivity contribution >= 4 is 33.0 Å². The fraction of sp³-hybridized carbons (Fsp3) is 0.444. The minimum atomic E-state index is -3.43. The third-order valence-corrected chi connectivity index (χ3v) is 4.15. The van der Waals surface area contributed by atoms with Gasteiger partial charge >= 0.3 is 5.97 Å². The highest BCUT2D eigenvalue weighted by Crippen LogP contribution is 2.23. The standard InChI is InChI=1S/C9H13NO4S2/c1-2-3-6-16(13,14)10-7-4-5-15-8(7)9(11)12/h4-5,10H,2-3,6H2,1H3,(H,11,12). The van der Waals surface area contributed by atoms with E-state index in [1.54, 1.807) is 5.38 Å². The Labute approximate surface area is 98.2 Å². The van der Waals surface area contributed by atoms with E-state index in [1.165, 1.54) is 6.07 Å². The van der Waals surface area contributed by atoms with Crippen molar-refractivity contribution in [1.29, 1.82) is 0 Å². The van der Waals surface area contributed by atoms with Gasteiger partial charge in [0.1, 0.15) is 4.88 Å². The van der Waals surface area contributed by atoms with Crippen molar-refractivity contribution in [3.63, 3.8) is 0 Å². The van der Waals surface area contributed by atoms with E-state index in [0.717, 1.165) is 17.8 Å². The Hall–Kier alpha value is -1.08. The SMILES string of the molecule is CCCCS(=O)(=O)Nc1ccsc1C(=O)O. The lowest BCUT2D eigenvalue weighted by Gasteiger charge is -2.06. The van der Waals surface area contributed by atoms with Gasteiger partial charge in [0.05, 0.1) is 11.4 Å². The van der Waals surface area contributed by atoms with E-state index >= 15 is 0 Å². The predicted octanol–water partition coefficient (Wildman–Crippen LogP) is 1.99. The van der Waals surface area contributed by atoms with E-state index in [2.05, 4.69) is 4.72 Å². The van der Waals surface area contributed by atoms with Crippen LogP contribution in [0.3, 0.4) is 0 Å². The largest absolute Gasteiger partial charge is 0.477 e. The van der Waals surface area contributed by atoms with E-state index in [-0.39, 0.29) is 16.3 Å². The number of nitrogens with one attached hydrogen (secondary N) is 1. The van der Waals surface area contributed by atoms with Gasteiger partial charge < -0.3 is 5.11 Å². The zero-order valence-electron chi connectivity index (χ0n) is 8.76. The molecule has 0 unspecified atom stereocenters. The van der Waals surface area contributed by atoms with Gasteiger partial charge in [-0.2, -0.15) is 0 Å². The van der Waals surface area contributed by atoms with Crippen LogP contribution in [-0.2, 0) is 10.0 Å². The Kier molecular flexibility index (Phi) is 4.31. The molecule has 90 valence electrons. The molecule has 1 heterocycles. The van der Waals surface area contributed by atoms with Gasteiger partial charge in [0.15, 0.2) is 0 Å². The first-order chi connectivity index (χ1) is 7.46. The molecule has 1 aromatic rings. The molecule has 16 heavy (non-hydrogen) atoms. The number of carboxylic acid groups (broad SMARTS) is 1. The van der Waals surface area contributed by atoms with Crippen LogP contribution < -0.4 is 4.72 Å². The number of carboxylic acids is 1. The van der Waals surface area contributed by atoms with Gasteiger partial charge in [-0.15, -0.1) is 11.3 Å². The van der Waals surface area contributed by atoms with E-state index in [0.29, 0.717) is 6.42 Å². The van der Waals surface area contributed by atoms with Crippen LogP contribution in [0.4, 0.5) is 5.69 Å². The van der Waals surface area contributed by atoms with Crippen LogP contribution in [0.15, 0.2) is 11.4 Å². The molecule has 1 aromatic heterocycles.